The van der Waals surface area contributed by atoms with E-state index in [1.54, 1.807) is 6.92 Å². The van der Waals surface area contributed by atoms with Crippen LogP contribution in [0.2, 0.25) is 0 Å². The molecule has 0 saturated heterocycles. The fourth-order valence-electron chi connectivity index (χ4n) is 0.401. The van der Waals surface area contributed by atoms with Gasteiger partial charge in [0.25, 0.3) is 0 Å². The summed E-state index contributed by atoms with van der Waals surface area (Å²) in [6.07, 6.45) is -0.196. The Labute approximate surface area is 53.4 Å². The zero-order valence-electron chi connectivity index (χ0n) is 5.01. The van der Waals surface area contributed by atoms with Gasteiger partial charge in [0.15, 0.2) is 0 Å². The summed E-state index contributed by atoms with van der Waals surface area (Å²) >= 11 is 0. The Kier molecular flexibility index (Phi) is 3.48. The van der Waals surface area contributed by atoms with Gasteiger partial charge in [-0.3, -0.25) is 0 Å². The van der Waals surface area contributed by atoms with Crippen LogP contribution in [0.5, 0.6) is 0 Å². The van der Waals surface area contributed by atoms with Gasteiger partial charge in [-0.25, -0.2) is 0 Å². The first kappa shape index (κ1) is 9.21. The normalized spacial score (nSPS) is 12.7. The largest absolute Gasteiger partial charge is 0.346 e. The predicted molar refractivity (Wildman–Crippen MR) is 31.2 cm³/mol. The molecule has 2 N–H and O–H groups in total. The minimum atomic E-state index is -3.27. The third kappa shape index (κ3) is 3.04. The van der Waals surface area contributed by atoms with Crippen LogP contribution in [0.4, 0.5) is 8.78 Å². The topological polar surface area (TPSA) is 40.5 Å². The average molecular weight is 158 g/mol. The zero-order chi connectivity index (χ0) is 7.49. The Morgan fingerprint density at radius 2 is 1.89 bits per heavy atom. The number of rotatable bonds is 3. The predicted octanol–water partition coefficient (Wildman–Crippen LogP) is 1.68. The van der Waals surface area contributed by atoms with Crippen LogP contribution in [0, 0.1) is 0 Å². The smallest absolute Gasteiger partial charge is 0.314 e. The molecule has 0 heterocycles. The summed E-state index contributed by atoms with van der Waals surface area (Å²) in [6.45, 7) is 1.56. The fraction of sp³-hybridized carbons (Fsp3) is 1.00. The van der Waals surface area contributed by atoms with Gasteiger partial charge < -0.3 is 9.79 Å². The van der Waals surface area contributed by atoms with Gasteiger partial charge in [0, 0.05) is 6.42 Å². The van der Waals surface area contributed by atoms with Gasteiger partial charge in [-0.05, 0) is 6.42 Å². The van der Waals surface area contributed by atoms with Crippen molar-refractivity contribution in [3.63, 3.8) is 0 Å². The lowest BCUT2D eigenvalue weighted by Gasteiger charge is -2.14. The van der Waals surface area contributed by atoms with E-state index < -0.39 is 20.5 Å². The van der Waals surface area contributed by atoms with E-state index in [4.69, 9.17) is 9.79 Å². The first-order chi connectivity index (χ1) is 4.00. The van der Waals surface area contributed by atoms with Gasteiger partial charge >= 0.3 is 5.66 Å². The number of hydrogen-bond donors (Lipinski definition) is 2. The van der Waals surface area contributed by atoms with Gasteiger partial charge in [-0.15, -0.1) is 0 Å². The van der Waals surface area contributed by atoms with Crippen molar-refractivity contribution in [3.05, 3.63) is 0 Å². The summed E-state index contributed by atoms with van der Waals surface area (Å²) in [7, 11) is -3.08. The maximum absolute atomic E-state index is 12.1. The molecule has 0 atom stereocenters. The zero-order valence-corrected chi connectivity index (χ0v) is 5.91. The van der Waals surface area contributed by atoms with Crippen LogP contribution in [-0.4, -0.2) is 15.5 Å². The fourth-order valence-corrected chi connectivity index (χ4v) is 0.824. The number of halogens is 2. The van der Waals surface area contributed by atoms with Gasteiger partial charge in [0.1, 0.15) is 0 Å². The van der Waals surface area contributed by atoms with E-state index in [0.717, 1.165) is 0 Å². The first-order valence-corrected chi connectivity index (χ1v) is 3.81. The molecule has 5 heteroatoms. The van der Waals surface area contributed by atoms with Crippen LogP contribution in [0.15, 0.2) is 0 Å². The quantitative estimate of drug-likeness (QED) is 0.613. The molecule has 0 spiro atoms. The minimum Gasteiger partial charge on any atom is -0.346 e. The third-order valence-corrected chi connectivity index (χ3v) is 1.65. The maximum atomic E-state index is 12.1. The Balaban J connectivity index is 3.70. The molecule has 0 unspecified atom stereocenters. The molecule has 0 amide bonds. The van der Waals surface area contributed by atoms with Crippen molar-refractivity contribution >= 4 is 8.38 Å². The second kappa shape index (κ2) is 3.40. The summed E-state index contributed by atoms with van der Waals surface area (Å²) in [4.78, 5) is 16.2. The lowest BCUT2D eigenvalue weighted by Crippen LogP contribution is -2.11. The molecule has 0 aliphatic carbocycles. The second-order valence-corrected chi connectivity index (χ2v) is 2.94. The lowest BCUT2D eigenvalue weighted by molar-refractivity contribution is 0.0652. The van der Waals surface area contributed by atoms with Crippen LogP contribution in [-0.2, 0) is 0 Å². The van der Waals surface area contributed by atoms with Crippen molar-refractivity contribution in [3.8, 4) is 0 Å². The summed E-state index contributed by atoms with van der Waals surface area (Å²) < 4.78 is 24.2. The summed E-state index contributed by atoms with van der Waals surface area (Å²) in [6, 6.07) is 0. The van der Waals surface area contributed by atoms with Crippen molar-refractivity contribution in [2.24, 2.45) is 0 Å². The Hall–Kier alpha value is 0.210. The monoisotopic (exact) mass is 158 g/mol. The molecule has 0 aromatic heterocycles. The van der Waals surface area contributed by atoms with E-state index in [9.17, 15) is 8.78 Å². The molecule has 0 aromatic carbocycles. The maximum Gasteiger partial charge on any atom is 0.314 e. The number of hydrogen-bond acceptors (Lipinski definition) is 2. The van der Waals surface area contributed by atoms with Gasteiger partial charge in [0.2, 0.25) is 8.38 Å². The molecule has 0 aliphatic heterocycles. The molecular weight excluding hydrogens is 149 g/mol. The van der Waals surface area contributed by atoms with Crippen LogP contribution < -0.4 is 0 Å². The molecule has 9 heavy (non-hydrogen) atoms. The van der Waals surface area contributed by atoms with E-state index in [1.165, 1.54) is 0 Å². The molecule has 0 radical (unpaired) electrons. The SMILES string of the molecule is CCCC(F)(F)P(O)O. The minimum absolute atomic E-state index is 0.257. The molecule has 56 valence electrons. The van der Waals surface area contributed by atoms with Crippen molar-refractivity contribution < 1.29 is 18.6 Å². The van der Waals surface area contributed by atoms with E-state index >= 15 is 0 Å². The standard InChI is InChI=1S/C4H9F2O2P/c1-2-3-4(5,6)9(7)8/h7-8H,2-3H2,1H3. The van der Waals surface area contributed by atoms with E-state index in [1.807, 2.05) is 0 Å². The lowest BCUT2D eigenvalue weighted by atomic mass is 10.3. The first-order valence-electron chi connectivity index (χ1n) is 2.56. The highest BCUT2D eigenvalue weighted by Gasteiger charge is 2.37. The third-order valence-electron chi connectivity index (χ3n) is 0.843. The summed E-state index contributed by atoms with van der Waals surface area (Å²) in [5, 5.41) is 0. The second-order valence-electron chi connectivity index (χ2n) is 1.71. The van der Waals surface area contributed by atoms with E-state index in [-0.39, 0.29) is 6.42 Å². The molecule has 0 saturated carbocycles. The molecule has 0 fully saturated rings. The van der Waals surface area contributed by atoms with Crippen molar-refractivity contribution in [1.29, 1.82) is 0 Å². The highest BCUT2D eigenvalue weighted by Crippen LogP contribution is 2.47. The molecule has 0 aromatic rings. The average Bonchev–Trinajstić information content (AvgIpc) is 1.65. The van der Waals surface area contributed by atoms with Crippen LogP contribution in [0.3, 0.4) is 0 Å². The van der Waals surface area contributed by atoms with Gasteiger partial charge in [0.05, 0.1) is 0 Å². The number of alkyl halides is 2. The van der Waals surface area contributed by atoms with E-state index in [0.29, 0.717) is 0 Å². The summed E-state index contributed by atoms with van der Waals surface area (Å²) in [5.74, 6) is 0. The Morgan fingerprint density at radius 1 is 1.44 bits per heavy atom. The van der Waals surface area contributed by atoms with E-state index in [2.05, 4.69) is 0 Å². The van der Waals surface area contributed by atoms with Crippen LogP contribution in [0.25, 0.3) is 0 Å². The van der Waals surface area contributed by atoms with Crippen LogP contribution in [0.1, 0.15) is 19.8 Å². The van der Waals surface area contributed by atoms with Crippen LogP contribution >= 0.6 is 8.38 Å². The molecule has 0 aliphatic rings. The molecule has 2 nitrogen and oxygen atoms in total. The van der Waals surface area contributed by atoms with Gasteiger partial charge in [-0.2, -0.15) is 8.78 Å². The Bertz CT molecular complexity index is 86.6. The van der Waals surface area contributed by atoms with Crippen molar-refractivity contribution in [2.75, 3.05) is 0 Å². The molecular formula is C4H9F2O2P. The molecule has 0 bridgehead atoms. The highest BCUT2D eigenvalue weighted by atomic mass is 31.2. The summed E-state index contributed by atoms with van der Waals surface area (Å²) in [5.41, 5.74) is -3.27. The van der Waals surface area contributed by atoms with Crippen molar-refractivity contribution in [2.45, 2.75) is 25.4 Å². The highest BCUT2D eigenvalue weighted by molar-refractivity contribution is 7.46. The molecule has 0 rings (SSSR count). The van der Waals surface area contributed by atoms with Crippen molar-refractivity contribution in [1.82, 2.24) is 0 Å². The Morgan fingerprint density at radius 3 is 2.00 bits per heavy atom. The van der Waals surface area contributed by atoms with Gasteiger partial charge in [-0.1, -0.05) is 6.92 Å².